The second-order valence-corrected chi connectivity index (χ2v) is 5.56. The lowest BCUT2D eigenvalue weighted by Gasteiger charge is -2.35. The lowest BCUT2D eigenvalue weighted by molar-refractivity contribution is -0.117. The number of benzene rings is 1. The maximum absolute atomic E-state index is 12.3. The van der Waals surface area contributed by atoms with Crippen molar-refractivity contribution >= 4 is 11.6 Å². The highest BCUT2D eigenvalue weighted by Crippen LogP contribution is 2.42. The second kappa shape index (κ2) is 4.13. The summed E-state index contributed by atoms with van der Waals surface area (Å²) < 4.78 is 10.7. The van der Waals surface area contributed by atoms with Crippen molar-refractivity contribution < 1.29 is 14.3 Å². The molecule has 0 saturated carbocycles. The second-order valence-electron chi connectivity index (χ2n) is 5.56. The Morgan fingerprint density at radius 1 is 1.37 bits per heavy atom. The Morgan fingerprint density at radius 3 is 2.79 bits per heavy atom. The molecule has 3 rings (SSSR count). The number of ether oxygens (including phenoxy) is 2. The molecule has 102 valence electrons. The van der Waals surface area contributed by atoms with Crippen molar-refractivity contribution in [3.8, 4) is 11.5 Å². The summed E-state index contributed by atoms with van der Waals surface area (Å²) in [6.07, 6.45) is 0.498. The van der Waals surface area contributed by atoms with E-state index in [-0.39, 0.29) is 24.2 Å². The number of hydrogen-bond donors (Lipinski definition) is 1. The molecule has 2 aliphatic heterocycles. The van der Waals surface area contributed by atoms with Crippen molar-refractivity contribution in [2.45, 2.75) is 25.8 Å². The number of hydrogen-bond acceptors (Lipinski definition) is 4. The largest absolute Gasteiger partial charge is 0.454 e. The number of nitrogens with two attached hydrogens (primary N) is 1. The van der Waals surface area contributed by atoms with Crippen LogP contribution in [-0.4, -0.2) is 24.8 Å². The van der Waals surface area contributed by atoms with Gasteiger partial charge in [-0.3, -0.25) is 4.79 Å². The third kappa shape index (κ3) is 1.76. The standard InChI is InChI=1S/C14H18N2O3/c1-14(2)9(7-15)5-13(17)16(14)10-3-4-11-12(6-10)19-8-18-11/h3-4,6,9H,5,7-8,15H2,1-2H3. The van der Waals surface area contributed by atoms with Gasteiger partial charge in [-0.05, 0) is 32.5 Å². The smallest absolute Gasteiger partial charge is 0.231 e. The van der Waals surface area contributed by atoms with E-state index >= 15 is 0 Å². The molecule has 1 atom stereocenters. The Balaban J connectivity index is 1.99. The molecule has 0 aromatic heterocycles. The molecular formula is C14H18N2O3. The number of carbonyl (C=O) groups is 1. The van der Waals surface area contributed by atoms with Crippen LogP contribution in [0.5, 0.6) is 11.5 Å². The molecule has 0 radical (unpaired) electrons. The minimum absolute atomic E-state index is 0.110. The van der Waals surface area contributed by atoms with Gasteiger partial charge in [0, 0.05) is 29.6 Å². The van der Waals surface area contributed by atoms with Crippen LogP contribution >= 0.6 is 0 Å². The average molecular weight is 262 g/mol. The maximum atomic E-state index is 12.3. The molecule has 0 bridgehead atoms. The van der Waals surface area contributed by atoms with Gasteiger partial charge in [0.05, 0.1) is 0 Å². The lowest BCUT2D eigenvalue weighted by atomic mass is 9.88. The van der Waals surface area contributed by atoms with Crippen LogP contribution in [0.1, 0.15) is 20.3 Å². The highest BCUT2D eigenvalue weighted by molar-refractivity contribution is 5.98. The van der Waals surface area contributed by atoms with Gasteiger partial charge in [0.25, 0.3) is 0 Å². The Morgan fingerprint density at radius 2 is 2.11 bits per heavy atom. The lowest BCUT2D eigenvalue weighted by Crippen LogP contribution is -2.46. The van der Waals surface area contributed by atoms with Crippen LogP contribution < -0.4 is 20.1 Å². The minimum atomic E-state index is -0.278. The summed E-state index contributed by atoms with van der Waals surface area (Å²) in [7, 11) is 0. The molecule has 1 aromatic carbocycles. The van der Waals surface area contributed by atoms with E-state index in [0.29, 0.717) is 18.7 Å². The molecule has 2 N–H and O–H groups in total. The van der Waals surface area contributed by atoms with Gasteiger partial charge in [-0.1, -0.05) is 0 Å². The van der Waals surface area contributed by atoms with Gasteiger partial charge in [-0.15, -0.1) is 0 Å². The van der Waals surface area contributed by atoms with Gasteiger partial charge in [0.1, 0.15) is 0 Å². The number of anilines is 1. The quantitative estimate of drug-likeness (QED) is 0.877. The Hall–Kier alpha value is -1.75. The first kappa shape index (κ1) is 12.3. The zero-order valence-electron chi connectivity index (χ0n) is 11.2. The summed E-state index contributed by atoms with van der Waals surface area (Å²) in [5.41, 5.74) is 6.34. The van der Waals surface area contributed by atoms with Crippen LogP contribution in [0.15, 0.2) is 18.2 Å². The Kier molecular flexibility index (Phi) is 2.67. The molecule has 1 aromatic rings. The fraction of sp³-hybridized carbons (Fsp3) is 0.500. The molecule has 5 heteroatoms. The van der Waals surface area contributed by atoms with Gasteiger partial charge in [-0.25, -0.2) is 0 Å². The topological polar surface area (TPSA) is 64.8 Å². The zero-order valence-corrected chi connectivity index (χ0v) is 11.2. The number of nitrogens with zero attached hydrogens (tertiary/aromatic N) is 1. The van der Waals surface area contributed by atoms with Crippen molar-refractivity contribution in [2.24, 2.45) is 11.7 Å². The molecule has 2 aliphatic rings. The van der Waals surface area contributed by atoms with Gasteiger partial charge < -0.3 is 20.1 Å². The van der Waals surface area contributed by atoms with E-state index < -0.39 is 0 Å². The summed E-state index contributed by atoms with van der Waals surface area (Å²) >= 11 is 0. The summed E-state index contributed by atoms with van der Waals surface area (Å²) in [6, 6.07) is 5.60. The average Bonchev–Trinajstić information content (AvgIpc) is 2.90. The minimum Gasteiger partial charge on any atom is -0.454 e. The molecule has 1 fully saturated rings. The molecule has 1 unspecified atom stereocenters. The number of carbonyl (C=O) groups excluding carboxylic acids is 1. The normalized spacial score (nSPS) is 24.1. The zero-order chi connectivity index (χ0) is 13.6. The molecule has 1 amide bonds. The molecule has 5 nitrogen and oxygen atoms in total. The van der Waals surface area contributed by atoms with Crippen LogP contribution in [0.25, 0.3) is 0 Å². The Labute approximate surface area is 112 Å². The number of amides is 1. The van der Waals surface area contributed by atoms with E-state index in [1.165, 1.54) is 0 Å². The molecule has 0 aliphatic carbocycles. The fourth-order valence-corrected chi connectivity index (χ4v) is 2.93. The SMILES string of the molecule is CC1(C)C(CN)CC(=O)N1c1ccc2c(c1)OCO2. The van der Waals surface area contributed by atoms with E-state index in [2.05, 4.69) is 13.8 Å². The van der Waals surface area contributed by atoms with Crippen molar-refractivity contribution in [1.82, 2.24) is 0 Å². The first-order chi connectivity index (χ1) is 9.04. The fourth-order valence-electron chi connectivity index (χ4n) is 2.93. The predicted molar refractivity (Wildman–Crippen MR) is 71.3 cm³/mol. The molecule has 0 spiro atoms. The van der Waals surface area contributed by atoms with E-state index in [1.807, 2.05) is 23.1 Å². The van der Waals surface area contributed by atoms with E-state index in [1.54, 1.807) is 0 Å². The monoisotopic (exact) mass is 262 g/mol. The summed E-state index contributed by atoms with van der Waals surface area (Å²) in [5, 5.41) is 0. The van der Waals surface area contributed by atoms with Gasteiger partial charge in [-0.2, -0.15) is 0 Å². The van der Waals surface area contributed by atoms with Crippen LogP contribution in [0, 0.1) is 5.92 Å². The Bertz CT molecular complexity index is 527. The molecule has 2 heterocycles. The van der Waals surface area contributed by atoms with E-state index in [0.717, 1.165) is 11.4 Å². The van der Waals surface area contributed by atoms with Crippen molar-refractivity contribution in [2.75, 3.05) is 18.2 Å². The van der Waals surface area contributed by atoms with E-state index in [4.69, 9.17) is 15.2 Å². The van der Waals surface area contributed by atoms with Crippen LogP contribution in [0.3, 0.4) is 0 Å². The van der Waals surface area contributed by atoms with Crippen LogP contribution in [-0.2, 0) is 4.79 Å². The van der Waals surface area contributed by atoms with Crippen molar-refractivity contribution in [3.63, 3.8) is 0 Å². The number of fused-ring (bicyclic) bond motifs is 1. The van der Waals surface area contributed by atoms with Gasteiger partial charge in [0.2, 0.25) is 12.7 Å². The third-order valence-corrected chi connectivity index (χ3v) is 4.14. The third-order valence-electron chi connectivity index (χ3n) is 4.14. The predicted octanol–water partition coefficient (Wildman–Crippen LogP) is 1.51. The first-order valence-electron chi connectivity index (χ1n) is 6.47. The van der Waals surface area contributed by atoms with Crippen molar-refractivity contribution in [1.29, 1.82) is 0 Å². The van der Waals surface area contributed by atoms with E-state index in [9.17, 15) is 4.79 Å². The summed E-state index contributed by atoms with van der Waals surface area (Å²) in [4.78, 5) is 14.1. The summed E-state index contributed by atoms with van der Waals surface area (Å²) in [5.74, 6) is 1.70. The maximum Gasteiger partial charge on any atom is 0.231 e. The molecule has 19 heavy (non-hydrogen) atoms. The van der Waals surface area contributed by atoms with Crippen molar-refractivity contribution in [3.05, 3.63) is 18.2 Å². The van der Waals surface area contributed by atoms with Crippen LogP contribution in [0.2, 0.25) is 0 Å². The highest BCUT2D eigenvalue weighted by atomic mass is 16.7. The first-order valence-corrected chi connectivity index (χ1v) is 6.47. The van der Waals surface area contributed by atoms with Gasteiger partial charge >= 0.3 is 0 Å². The number of rotatable bonds is 2. The van der Waals surface area contributed by atoms with Gasteiger partial charge in [0.15, 0.2) is 11.5 Å². The van der Waals surface area contributed by atoms with Crippen LogP contribution in [0.4, 0.5) is 5.69 Å². The molecule has 1 saturated heterocycles. The summed E-state index contributed by atoms with van der Waals surface area (Å²) in [6.45, 7) is 4.86. The highest BCUT2D eigenvalue weighted by Gasteiger charge is 2.46. The molecular weight excluding hydrogens is 244 g/mol.